The summed E-state index contributed by atoms with van der Waals surface area (Å²) in [6.45, 7) is 11.3. The number of aliphatic hydroxyl groups excluding tert-OH is 1. The number of nitrogens with zero attached hydrogens (tertiary/aromatic N) is 1. The van der Waals surface area contributed by atoms with Crippen LogP contribution in [0.4, 0.5) is 0 Å². The molecule has 2 N–H and O–H groups in total. The van der Waals surface area contributed by atoms with E-state index in [1.165, 1.54) is 14.2 Å². The van der Waals surface area contributed by atoms with Crippen LogP contribution in [-0.4, -0.2) is 89.1 Å². The molecule has 1 aliphatic heterocycles. The average molecular weight is 815 g/mol. The standard InChI is InChI=1S/C24H35NO5Si.C21H23NO5/c1-19(30-31(4,5)6)24(23(26)28-3,18-29-17-21-10-8-7-9-11-21)25-16-20-12-14-22(27-2)15-13-20;1-15-21(20(24)25-2,14-26-13-17-6-4-3-5-7-17)22-19(27-15)18-10-8-16(12-23)9-11-18/h7-15,19,25H,16-18H2,1-6H3;3-11,15,23H,12-14H2,1-2H3/t19-,24+;15-,21-/m01/s1. The van der Waals surface area contributed by atoms with Gasteiger partial charge in [0.2, 0.25) is 11.4 Å². The molecule has 1 aliphatic rings. The third-order valence-corrected chi connectivity index (χ3v) is 10.7. The van der Waals surface area contributed by atoms with Crippen molar-refractivity contribution in [1.29, 1.82) is 0 Å². The Hall–Kier alpha value is -4.89. The molecule has 1 heterocycles. The number of esters is 2. The Balaban J connectivity index is 0.000000259. The Morgan fingerprint density at radius 2 is 1.38 bits per heavy atom. The number of carbonyl (C=O) groups excluding carboxylic acids is 2. The summed E-state index contributed by atoms with van der Waals surface area (Å²) in [4.78, 5) is 30.2. The molecule has 0 unspecified atom stereocenters. The lowest BCUT2D eigenvalue weighted by atomic mass is 9.93. The van der Waals surface area contributed by atoms with E-state index in [-0.39, 0.29) is 19.8 Å². The summed E-state index contributed by atoms with van der Waals surface area (Å²) in [5, 5.41) is 12.6. The van der Waals surface area contributed by atoms with Crippen LogP contribution in [0, 0.1) is 0 Å². The molecule has 12 nitrogen and oxygen atoms in total. The molecule has 0 radical (unpaired) electrons. The number of aliphatic hydroxyl groups is 1. The Bertz CT molecular complexity index is 1890. The number of ether oxygens (including phenoxy) is 6. The molecule has 4 aromatic carbocycles. The van der Waals surface area contributed by atoms with E-state index in [2.05, 4.69) is 30.0 Å². The molecule has 0 aromatic heterocycles. The van der Waals surface area contributed by atoms with Gasteiger partial charge in [-0.3, -0.25) is 5.32 Å². The summed E-state index contributed by atoms with van der Waals surface area (Å²) in [5.41, 5.74) is 2.17. The molecular formula is C45H58N2O10Si. The molecule has 0 amide bonds. The lowest BCUT2D eigenvalue weighted by Crippen LogP contribution is -2.64. The number of rotatable bonds is 19. The van der Waals surface area contributed by atoms with E-state index < -0.39 is 43.5 Å². The van der Waals surface area contributed by atoms with E-state index in [0.29, 0.717) is 25.7 Å². The highest BCUT2D eigenvalue weighted by Crippen LogP contribution is 2.31. The highest BCUT2D eigenvalue weighted by molar-refractivity contribution is 6.69. The van der Waals surface area contributed by atoms with E-state index in [1.807, 2.05) is 91.9 Å². The highest BCUT2D eigenvalue weighted by atomic mass is 28.4. The van der Waals surface area contributed by atoms with Crippen molar-refractivity contribution >= 4 is 26.2 Å². The van der Waals surface area contributed by atoms with Gasteiger partial charge in [0.1, 0.15) is 11.9 Å². The van der Waals surface area contributed by atoms with Crippen molar-refractivity contribution in [2.24, 2.45) is 4.99 Å². The zero-order valence-corrected chi connectivity index (χ0v) is 35.9. The number of carbonyl (C=O) groups is 2. The zero-order chi connectivity index (χ0) is 42.2. The third kappa shape index (κ3) is 12.6. The molecule has 4 atom stereocenters. The second kappa shape index (κ2) is 21.7. The van der Waals surface area contributed by atoms with Gasteiger partial charge in [-0.25, -0.2) is 14.6 Å². The van der Waals surface area contributed by atoms with E-state index in [1.54, 1.807) is 38.3 Å². The molecule has 58 heavy (non-hydrogen) atoms. The molecular weight excluding hydrogens is 757 g/mol. The summed E-state index contributed by atoms with van der Waals surface area (Å²) in [6.07, 6.45) is -0.978. The number of nitrogens with one attached hydrogen (secondary N) is 1. The zero-order valence-electron chi connectivity index (χ0n) is 34.9. The third-order valence-electron chi connectivity index (χ3n) is 9.60. The first-order chi connectivity index (χ1) is 27.8. The minimum atomic E-state index is -1.93. The highest BCUT2D eigenvalue weighted by Gasteiger charge is 2.52. The van der Waals surface area contributed by atoms with Crippen molar-refractivity contribution in [2.45, 2.75) is 83.1 Å². The first-order valence-corrected chi connectivity index (χ1v) is 22.6. The van der Waals surface area contributed by atoms with E-state index in [0.717, 1.165) is 33.6 Å². The molecule has 4 aromatic rings. The van der Waals surface area contributed by atoms with Gasteiger partial charge in [-0.1, -0.05) is 84.9 Å². The smallest absolute Gasteiger partial charge is 0.340 e. The van der Waals surface area contributed by atoms with Gasteiger partial charge in [-0.15, -0.1) is 0 Å². The van der Waals surface area contributed by atoms with Gasteiger partial charge in [0.05, 0.1) is 60.5 Å². The average Bonchev–Trinajstić information content (AvgIpc) is 3.58. The largest absolute Gasteiger partial charge is 0.497 e. The summed E-state index contributed by atoms with van der Waals surface area (Å²) in [6, 6.07) is 34.5. The predicted octanol–water partition coefficient (Wildman–Crippen LogP) is 6.63. The monoisotopic (exact) mass is 814 g/mol. The van der Waals surface area contributed by atoms with E-state index >= 15 is 0 Å². The number of methoxy groups -OCH3 is 3. The van der Waals surface area contributed by atoms with Crippen LogP contribution < -0.4 is 10.1 Å². The van der Waals surface area contributed by atoms with Crippen LogP contribution in [0.1, 0.15) is 41.7 Å². The van der Waals surface area contributed by atoms with Crippen LogP contribution >= 0.6 is 0 Å². The molecule has 0 spiro atoms. The maximum absolute atomic E-state index is 13.1. The van der Waals surface area contributed by atoms with Gasteiger partial charge in [0.15, 0.2) is 13.9 Å². The maximum Gasteiger partial charge on any atom is 0.340 e. The van der Waals surface area contributed by atoms with E-state index in [4.69, 9.17) is 32.8 Å². The lowest BCUT2D eigenvalue weighted by Gasteiger charge is -2.39. The number of benzene rings is 4. The fraction of sp³-hybridized carbons (Fsp3) is 0.400. The molecule has 0 aliphatic carbocycles. The quantitative estimate of drug-likeness (QED) is 0.0779. The Labute approximate surface area is 343 Å². The van der Waals surface area contributed by atoms with Gasteiger partial charge in [0, 0.05) is 12.1 Å². The van der Waals surface area contributed by atoms with Crippen molar-refractivity contribution in [3.05, 3.63) is 137 Å². The van der Waals surface area contributed by atoms with Crippen molar-refractivity contribution < 1.29 is 47.5 Å². The van der Waals surface area contributed by atoms with Crippen LogP contribution in [-0.2, 0) is 64.1 Å². The van der Waals surface area contributed by atoms with Crippen molar-refractivity contribution in [3.8, 4) is 5.75 Å². The van der Waals surface area contributed by atoms with Crippen LogP contribution in [0.3, 0.4) is 0 Å². The van der Waals surface area contributed by atoms with Crippen LogP contribution in [0.25, 0.3) is 0 Å². The van der Waals surface area contributed by atoms with Gasteiger partial charge < -0.3 is 38.0 Å². The predicted molar refractivity (Wildman–Crippen MR) is 225 cm³/mol. The molecule has 5 rings (SSSR count). The van der Waals surface area contributed by atoms with Gasteiger partial charge in [0.25, 0.3) is 0 Å². The molecule has 13 heteroatoms. The molecule has 0 saturated heterocycles. The second-order valence-electron chi connectivity index (χ2n) is 14.9. The van der Waals surface area contributed by atoms with Gasteiger partial charge in [-0.2, -0.15) is 0 Å². The maximum atomic E-state index is 13.1. The number of hydrogen-bond donors (Lipinski definition) is 2. The number of hydrogen-bond acceptors (Lipinski definition) is 12. The van der Waals surface area contributed by atoms with Crippen molar-refractivity contribution in [2.75, 3.05) is 34.5 Å². The minimum Gasteiger partial charge on any atom is -0.497 e. The van der Waals surface area contributed by atoms with Crippen molar-refractivity contribution in [1.82, 2.24) is 5.32 Å². The molecule has 0 fully saturated rings. The topological polar surface area (TPSA) is 143 Å². The summed E-state index contributed by atoms with van der Waals surface area (Å²) in [7, 11) is 2.43. The Morgan fingerprint density at radius 3 is 1.90 bits per heavy atom. The van der Waals surface area contributed by atoms with Crippen molar-refractivity contribution in [3.63, 3.8) is 0 Å². The first kappa shape index (κ1) is 45.8. The Morgan fingerprint density at radius 1 is 0.810 bits per heavy atom. The molecule has 0 bridgehead atoms. The number of aliphatic imine (C=N–C) groups is 1. The minimum absolute atomic E-state index is 0.0383. The fourth-order valence-electron chi connectivity index (χ4n) is 6.27. The van der Waals surface area contributed by atoms with Crippen LogP contribution in [0.2, 0.25) is 19.6 Å². The summed E-state index contributed by atoms with van der Waals surface area (Å²) >= 11 is 0. The SMILES string of the molecule is COC(=O)[C@](COCc1ccccc1)(NCc1ccc(OC)cc1)[C@H](C)O[Si](C)(C)C.COC(=O)[C@]1(COCc2ccccc2)N=C(c2ccc(CO)cc2)O[C@@H]1C. The molecule has 312 valence electrons. The van der Waals surface area contributed by atoms with E-state index in [9.17, 15) is 14.7 Å². The van der Waals surface area contributed by atoms with Crippen LogP contribution in [0.5, 0.6) is 5.75 Å². The first-order valence-electron chi connectivity index (χ1n) is 19.2. The second-order valence-corrected chi connectivity index (χ2v) is 19.4. The Kier molecular flexibility index (Phi) is 17.2. The van der Waals surface area contributed by atoms with Gasteiger partial charge >= 0.3 is 11.9 Å². The van der Waals surface area contributed by atoms with Gasteiger partial charge in [-0.05, 0) is 80.0 Å². The van der Waals surface area contributed by atoms with Crippen LogP contribution in [0.15, 0.2) is 114 Å². The lowest BCUT2D eigenvalue weighted by molar-refractivity contribution is -0.157. The molecule has 0 saturated carbocycles. The fourth-order valence-corrected chi connectivity index (χ4v) is 7.54. The summed E-state index contributed by atoms with van der Waals surface area (Å²) in [5.74, 6) is 0.246. The normalized spacial score (nSPS) is 17.7. The summed E-state index contributed by atoms with van der Waals surface area (Å²) < 4.78 is 39.5.